The van der Waals surface area contributed by atoms with E-state index in [4.69, 9.17) is 16.2 Å². The Hall–Kier alpha value is -2.15. The summed E-state index contributed by atoms with van der Waals surface area (Å²) in [5, 5.41) is 0. The predicted octanol–water partition coefficient (Wildman–Crippen LogP) is 1.71. The van der Waals surface area contributed by atoms with Crippen LogP contribution in [-0.4, -0.2) is 15.9 Å². The number of aromatic nitrogens is 2. The average Bonchev–Trinajstić information content (AvgIpc) is 2.34. The molecule has 6 nitrogen and oxygen atoms in total. The number of nitrogens with two attached hydrogens (primary N) is 2. The number of primary amides is 1. The first-order chi connectivity index (χ1) is 8.56. The van der Waals surface area contributed by atoms with E-state index in [2.05, 4.69) is 25.9 Å². The number of nitrogens with zero attached hydrogens (tertiary/aromatic N) is 2. The Morgan fingerprint density at radius 3 is 2.56 bits per heavy atom. The van der Waals surface area contributed by atoms with Gasteiger partial charge in [-0.2, -0.15) is 4.98 Å². The third-order valence-corrected chi connectivity index (χ3v) is 2.63. The van der Waals surface area contributed by atoms with Crippen molar-refractivity contribution in [3.63, 3.8) is 0 Å². The van der Waals surface area contributed by atoms with Crippen molar-refractivity contribution in [3.05, 3.63) is 40.5 Å². The first-order valence-corrected chi connectivity index (χ1v) is 5.71. The highest BCUT2D eigenvalue weighted by atomic mass is 79.9. The Balaban J connectivity index is 2.23. The van der Waals surface area contributed by atoms with Crippen LogP contribution >= 0.6 is 15.9 Å². The minimum absolute atomic E-state index is 0.113. The van der Waals surface area contributed by atoms with Crippen LogP contribution in [0.2, 0.25) is 0 Å². The van der Waals surface area contributed by atoms with Gasteiger partial charge in [0.1, 0.15) is 5.75 Å². The first kappa shape index (κ1) is 12.3. The molecule has 0 fully saturated rings. The minimum Gasteiger partial charge on any atom is -0.438 e. The molecule has 0 spiro atoms. The summed E-state index contributed by atoms with van der Waals surface area (Å²) in [5.41, 5.74) is 11.0. The second-order valence-electron chi connectivity index (χ2n) is 3.37. The highest BCUT2D eigenvalue weighted by Crippen LogP contribution is 2.27. The van der Waals surface area contributed by atoms with Gasteiger partial charge in [-0.25, -0.2) is 4.98 Å². The van der Waals surface area contributed by atoms with Gasteiger partial charge in [0.2, 0.25) is 17.7 Å². The van der Waals surface area contributed by atoms with Gasteiger partial charge in [-0.05, 0) is 40.2 Å². The standard InChI is InChI=1S/C11H9BrN4O2/c12-8-5-15-11(14)16-10(8)18-7-3-1-6(2-4-7)9(13)17/h1-5H,(H2,13,17)(H2,14,15,16). The molecule has 0 saturated heterocycles. The fourth-order valence-corrected chi connectivity index (χ4v) is 1.51. The maximum atomic E-state index is 10.9. The predicted molar refractivity (Wildman–Crippen MR) is 69.2 cm³/mol. The number of hydrogen-bond donors (Lipinski definition) is 2. The van der Waals surface area contributed by atoms with E-state index in [9.17, 15) is 4.79 Å². The molecular formula is C11H9BrN4O2. The quantitative estimate of drug-likeness (QED) is 0.898. The Morgan fingerprint density at radius 1 is 1.28 bits per heavy atom. The van der Waals surface area contributed by atoms with Crippen LogP contribution in [0.4, 0.5) is 5.95 Å². The molecule has 4 N–H and O–H groups in total. The SMILES string of the molecule is NC(=O)c1ccc(Oc2nc(N)ncc2Br)cc1. The molecule has 18 heavy (non-hydrogen) atoms. The fourth-order valence-electron chi connectivity index (χ4n) is 1.23. The minimum atomic E-state index is -0.492. The van der Waals surface area contributed by atoms with Gasteiger partial charge in [-0.1, -0.05) is 0 Å². The summed E-state index contributed by atoms with van der Waals surface area (Å²) in [7, 11) is 0. The first-order valence-electron chi connectivity index (χ1n) is 4.92. The van der Waals surface area contributed by atoms with Crippen LogP contribution in [0.15, 0.2) is 34.9 Å². The molecule has 0 saturated carbocycles. The molecule has 92 valence electrons. The monoisotopic (exact) mass is 308 g/mol. The lowest BCUT2D eigenvalue weighted by molar-refractivity contribution is 0.100. The number of carbonyl (C=O) groups excluding carboxylic acids is 1. The fraction of sp³-hybridized carbons (Fsp3) is 0. The van der Waals surface area contributed by atoms with Crippen LogP contribution in [0, 0.1) is 0 Å². The van der Waals surface area contributed by atoms with Gasteiger partial charge in [0.25, 0.3) is 0 Å². The summed E-state index contributed by atoms with van der Waals surface area (Å²) < 4.78 is 6.07. The van der Waals surface area contributed by atoms with Gasteiger partial charge < -0.3 is 16.2 Å². The van der Waals surface area contributed by atoms with Crippen molar-refractivity contribution in [2.24, 2.45) is 5.73 Å². The van der Waals surface area contributed by atoms with Crippen LogP contribution in [0.5, 0.6) is 11.6 Å². The van der Waals surface area contributed by atoms with Crippen molar-refractivity contribution < 1.29 is 9.53 Å². The molecule has 7 heteroatoms. The normalized spacial score (nSPS) is 10.1. The summed E-state index contributed by atoms with van der Waals surface area (Å²) in [6.07, 6.45) is 1.50. The van der Waals surface area contributed by atoms with Crippen LogP contribution in [0.1, 0.15) is 10.4 Å². The zero-order chi connectivity index (χ0) is 13.1. The van der Waals surface area contributed by atoms with Gasteiger partial charge in [-0.15, -0.1) is 0 Å². The molecule has 1 aromatic heterocycles. The number of anilines is 1. The third-order valence-electron chi connectivity index (χ3n) is 2.08. The van der Waals surface area contributed by atoms with Crippen LogP contribution in [-0.2, 0) is 0 Å². The highest BCUT2D eigenvalue weighted by molar-refractivity contribution is 9.10. The molecule has 0 aliphatic carbocycles. The summed E-state index contributed by atoms with van der Waals surface area (Å²) in [6, 6.07) is 6.36. The molecular weight excluding hydrogens is 300 g/mol. The van der Waals surface area contributed by atoms with E-state index < -0.39 is 5.91 Å². The topological polar surface area (TPSA) is 104 Å². The van der Waals surface area contributed by atoms with Gasteiger partial charge in [0.05, 0.1) is 10.7 Å². The van der Waals surface area contributed by atoms with Crippen LogP contribution in [0.3, 0.4) is 0 Å². The van der Waals surface area contributed by atoms with Gasteiger partial charge in [-0.3, -0.25) is 4.79 Å². The van der Waals surface area contributed by atoms with E-state index in [1.165, 1.54) is 6.20 Å². The maximum absolute atomic E-state index is 10.9. The molecule has 1 aromatic carbocycles. The molecule has 0 aliphatic heterocycles. The highest BCUT2D eigenvalue weighted by Gasteiger charge is 2.07. The van der Waals surface area contributed by atoms with E-state index in [1.54, 1.807) is 24.3 Å². The lowest BCUT2D eigenvalue weighted by Gasteiger charge is -2.06. The number of benzene rings is 1. The van der Waals surface area contributed by atoms with Crippen molar-refractivity contribution in [3.8, 4) is 11.6 Å². The molecule has 0 radical (unpaired) electrons. The van der Waals surface area contributed by atoms with E-state index in [-0.39, 0.29) is 5.95 Å². The van der Waals surface area contributed by atoms with Crippen molar-refractivity contribution in [1.29, 1.82) is 0 Å². The van der Waals surface area contributed by atoms with Gasteiger partial charge >= 0.3 is 0 Å². The smallest absolute Gasteiger partial charge is 0.248 e. The molecule has 1 amide bonds. The zero-order valence-corrected chi connectivity index (χ0v) is 10.7. The summed E-state index contributed by atoms with van der Waals surface area (Å²) in [4.78, 5) is 18.6. The number of amides is 1. The van der Waals surface area contributed by atoms with E-state index in [0.717, 1.165) is 0 Å². The number of halogens is 1. The molecule has 2 rings (SSSR count). The zero-order valence-electron chi connectivity index (χ0n) is 9.13. The maximum Gasteiger partial charge on any atom is 0.248 e. The second-order valence-corrected chi connectivity index (χ2v) is 4.23. The summed E-state index contributed by atoms with van der Waals surface area (Å²) >= 11 is 3.25. The number of rotatable bonds is 3. The van der Waals surface area contributed by atoms with Crippen molar-refractivity contribution in [2.45, 2.75) is 0 Å². The molecule has 2 aromatic rings. The second kappa shape index (κ2) is 5.01. The largest absolute Gasteiger partial charge is 0.438 e. The lowest BCUT2D eigenvalue weighted by Crippen LogP contribution is -2.10. The summed E-state index contributed by atoms with van der Waals surface area (Å²) in [6.45, 7) is 0. The molecule has 1 heterocycles. The number of hydrogen-bond acceptors (Lipinski definition) is 5. The van der Waals surface area contributed by atoms with E-state index in [1.807, 2.05) is 0 Å². The van der Waals surface area contributed by atoms with Gasteiger partial charge in [0, 0.05) is 5.56 Å². The number of nitrogen functional groups attached to an aromatic ring is 1. The van der Waals surface area contributed by atoms with Crippen molar-refractivity contribution in [1.82, 2.24) is 9.97 Å². The molecule has 0 unspecified atom stereocenters. The molecule has 0 bridgehead atoms. The van der Waals surface area contributed by atoms with Crippen LogP contribution in [0.25, 0.3) is 0 Å². The lowest BCUT2D eigenvalue weighted by atomic mass is 10.2. The Kier molecular flexibility index (Phi) is 3.42. The average molecular weight is 309 g/mol. The third kappa shape index (κ3) is 2.75. The molecule has 0 aliphatic rings. The number of ether oxygens (including phenoxy) is 1. The van der Waals surface area contributed by atoms with Crippen molar-refractivity contribution >= 4 is 27.8 Å². The summed E-state index contributed by atoms with van der Waals surface area (Å²) in [5.74, 6) is 0.434. The Morgan fingerprint density at radius 2 is 1.94 bits per heavy atom. The van der Waals surface area contributed by atoms with Crippen molar-refractivity contribution in [2.75, 3.05) is 5.73 Å². The van der Waals surface area contributed by atoms with Gasteiger partial charge in [0.15, 0.2) is 0 Å². The molecule has 0 atom stereocenters. The Labute approximate surface area is 111 Å². The Bertz CT molecular complexity index is 586. The van der Waals surface area contributed by atoms with E-state index >= 15 is 0 Å². The van der Waals surface area contributed by atoms with E-state index in [0.29, 0.717) is 21.7 Å². The number of carbonyl (C=O) groups is 1. The van der Waals surface area contributed by atoms with Crippen LogP contribution < -0.4 is 16.2 Å².